The Bertz CT molecular complexity index is 443. The third kappa shape index (κ3) is 4.16. The molecule has 0 amide bonds. The quantitative estimate of drug-likeness (QED) is 0.902. The van der Waals surface area contributed by atoms with Gasteiger partial charge in [-0.1, -0.05) is 13.8 Å². The molecule has 1 N–H and O–H groups in total. The molecule has 0 aliphatic carbocycles. The fourth-order valence-corrected chi connectivity index (χ4v) is 2.93. The largest absolute Gasteiger partial charge is 0.355 e. The molecule has 118 valence electrons. The average molecular weight is 290 g/mol. The van der Waals surface area contributed by atoms with E-state index in [9.17, 15) is 0 Å². The highest BCUT2D eigenvalue weighted by atomic mass is 15.3. The first kappa shape index (κ1) is 16.2. The Morgan fingerprint density at radius 2 is 1.90 bits per heavy atom. The van der Waals surface area contributed by atoms with Gasteiger partial charge in [-0.05, 0) is 57.6 Å². The fraction of sp³-hybridized carbons (Fsp3) is 0.765. The molecular weight excluding hydrogens is 260 g/mol. The van der Waals surface area contributed by atoms with Crippen LogP contribution >= 0.6 is 0 Å². The van der Waals surface area contributed by atoms with Crippen molar-refractivity contribution in [2.24, 2.45) is 5.41 Å². The second-order valence-corrected chi connectivity index (χ2v) is 7.37. The van der Waals surface area contributed by atoms with Gasteiger partial charge < -0.3 is 10.2 Å². The number of hydrogen-bond acceptors (Lipinski definition) is 4. The van der Waals surface area contributed by atoms with Crippen LogP contribution in [-0.4, -0.2) is 28.8 Å². The molecule has 1 aliphatic rings. The van der Waals surface area contributed by atoms with Gasteiger partial charge in [-0.25, -0.2) is 0 Å². The number of rotatable bonds is 5. The second kappa shape index (κ2) is 6.30. The molecule has 0 atom stereocenters. The topological polar surface area (TPSA) is 41.0 Å². The third-order valence-corrected chi connectivity index (χ3v) is 4.77. The first-order valence-corrected chi connectivity index (χ1v) is 8.20. The van der Waals surface area contributed by atoms with Gasteiger partial charge in [-0.2, -0.15) is 5.10 Å². The van der Waals surface area contributed by atoms with Gasteiger partial charge >= 0.3 is 0 Å². The van der Waals surface area contributed by atoms with Crippen molar-refractivity contribution in [3.8, 4) is 0 Å². The van der Waals surface area contributed by atoms with Crippen LogP contribution < -0.4 is 10.2 Å². The van der Waals surface area contributed by atoms with Crippen LogP contribution in [0.25, 0.3) is 0 Å². The minimum atomic E-state index is 0.108. The number of hydrogen-bond donors (Lipinski definition) is 1. The molecule has 0 unspecified atom stereocenters. The first-order valence-electron chi connectivity index (χ1n) is 8.20. The van der Waals surface area contributed by atoms with E-state index in [0.29, 0.717) is 5.41 Å². The fourth-order valence-electron chi connectivity index (χ4n) is 2.93. The zero-order chi connectivity index (χ0) is 15.5. The maximum atomic E-state index is 4.43. The molecule has 2 heterocycles. The molecule has 1 saturated heterocycles. The first-order chi connectivity index (χ1) is 9.87. The van der Waals surface area contributed by atoms with Gasteiger partial charge in [0.1, 0.15) is 0 Å². The summed E-state index contributed by atoms with van der Waals surface area (Å²) in [6, 6.07) is 4.22. The molecule has 21 heavy (non-hydrogen) atoms. The van der Waals surface area contributed by atoms with Crippen LogP contribution in [0.3, 0.4) is 0 Å². The van der Waals surface area contributed by atoms with E-state index >= 15 is 0 Å². The van der Waals surface area contributed by atoms with E-state index in [1.54, 1.807) is 0 Å². The van der Waals surface area contributed by atoms with Crippen LogP contribution in [0.4, 0.5) is 5.82 Å². The van der Waals surface area contributed by atoms with Gasteiger partial charge in [0.15, 0.2) is 5.82 Å². The molecule has 2 rings (SSSR count). The van der Waals surface area contributed by atoms with Crippen LogP contribution in [0.1, 0.15) is 59.6 Å². The second-order valence-electron chi connectivity index (χ2n) is 7.37. The summed E-state index contributed by atoms with van der Waals surface area (Å²) in [5.41, 5.74) is 1.59. The molecule has 1 aliphatic heterocycles. The summed E-state index contributed by atoms with van der Waals surface area (Å²) in [7, 11) is 0. The number of aromatic nitrogens is 2. The van der Waals surface area contributed by atoms with Crippen molar-refractivity contribution in [3.05, 3.63) is 17.8 Å². The average Bonchev–Trinajstić information content (AvgIpc) is 2.90. The maximum absolute atomic E-state index is 4.43. The van der Waals surface area contributed by atoms with Crippen LogP contribution in [-0.2, 0) is 6.54 Å². The van der Waals surface area contributed by atoms with Crippen molar-refractivity contribution in [1.29, 1.82) is 0 Å². The summed E-state index contributed by atoms with van der Waals surface area (Å²) in [5, 5.41) is 12.2. The number of anilines is 1. The summed E-state index contributed by atoms with van der Waals surface area (Å²) < 4.78 is 0. The summed E-state index contributed by atoms with van der Waals surface area (Å²) in [4.78, 5) is 2.39. The van der Waals surface area contributed by atoms with Crippen LogP contribution in [0.5, 0.6) is 0 Å². The predicted molar refractivity (Wildman–Crippen MR) is 88.5 cm³/mol. The molecule has 1 fully saturated rings. The smallest absolute Gasteiger partial charge is 0.151 e. The Morgan fingerprint density at radius 1 is 1.19 bits per heavy atom. The maximum Gasteiger partial charge on any atom is 0.151 e. The molecule has 1 aromatic heterocycles. The van der Waals surface area contributed by atoms with Gasteiger partial charge in [0.05, 0.1) is 5.69 Å². The summed E-state index contributed by atoms with van der Waals surface area (Å²) in [6.07, 6.45) is 3.77. The highest BCUT2D eigenvalue weighted by Gasteiger charge is 2.35. The van der Waals surface area contributed by atoms with Crippen molar-refractivity contribution >= 4 is 5.82 Å². The van der Waals surface area contributed by atoms with Crippen molar-refractivity contribution in [1.82, 2.24) is 15.5 Å². The van der Waals surface area contributed by atoms with E-state index in [1.807, 2.05) is 0 Å². The van der Waals surface area contributed by atoms with E-state index in [2.05, 4.69) is 67.2 Å². The van der Waals surface area contributed by atoms with Crippen LogP contribution in [0.15, 0.2) is 12.1 Å². The van der Waals surface area contributed by atoms with E-state index < -0.39 is 0 Å². The Morgan fingerprint density at radius 3 is 2.38 bits per heavy atom. The number of nitrogens with one attached hydrogen (secondary N) is 1. The molecule has 4 nitrogen and oxygen atoms in total. The molecule has 1 aromatic rings. The van der Waals surface area contributed by atoms with Crippen LogP contribution in [0, 0.1) is 5.41 Å². The van der Waals surface area contributed by atoms with Crippen molar-refractivity contribution < 1.29 is 0 Å². The van der Waals surface area contributed by atoms with Gasteiger partial charge in [-0.15, -0.1) is 5.10 Å². The lowest BCUT2D eigenvalue weighted by molar-refractivity contribution is 0.301. The lowest BCUT2D eigenvalue weighted by Gasteiger charge is -2.26. The highest BCUT2D eigenvalue weighted by molar-refractivity contribution is 5.39. The zero-order valence-electron chi connectivity index (χ0n) is 14.2. The monoisotopic (exact) mass is 290 g/mol. The molecular formula is C17H30N4. The van der Waals surface area contributed by atoms with Crippen molar-refractivity contribution in [3.63, 3.8) is 0 Å². The van der Waals surface area contributed by atoms with E-state index in [1.165, 1.54) is 19.3 Å². The molecule has 0 radical (unpaired) electrons. The Labute approximate surface area is 129 Å². The lowest BCUT2D eigenvalue weighted by Crippen LogP contribution is -2.35. The Kier molecular flexibility index (Phi) is 4.87. The van der Waals surface area contributed by atoms with E-state index in [0.717, 1.165) is 31.1 Å². The summed E-state index contributed by atoms with van der Waals surface area (Å²) in [6.45, 7) is 14.1. The minimum Gasteiger partial charge on any atom is -0.355 e. The van der Waals surface area contributed by atoms with E-state index in [4.69, 9.17) is 0 Å². The summed E-state index contributed by atoms with van der Waals surface area (Å²) in [5.74, 6) is 1.03. The third-order valence-electron chi connectivity index (χ3n) is 4.77. The van der Waals surface area contributed by atoms with Crippen molar-refractivity contribution in [2.45, 2.75) is 66.0 Å². The van der Waals surface area contributed by atoms with E-state index in [-0.39, 0.29) is 5.54 Å². The predicted octanol–water partition coefficient (Wildman–Crippen LogP) is 3.38. The van der Waals surface area contributed by atoms with Gasteiger partial charge in [-0.3, -0.25) is 0 Å². The SMILES string of the molecule is CCC1(CC)CCN(c2ccc(CNC(C)(C)C)nn2)C1. The normalized spacial score (nSPS) is 18.2. The number of nitrogens with zero attached hydrogens (tertiary/aromatic N) is 3. The Balaban J connectivity index is 1.97. The molecule has 0 aromatic carbocycles. The van der Waals surface area contributed by atoms with Gasteiger partial charge in [0.25, 0.3) is 0 Å². The molecule has 4 heteroatoms. The Hall–Kier alpha value is -1.16. The van der Waals surface area contributed by atoms with Gasteiger partial charge in [0, 0.05) is 25.2 Å². The lowest BCUT2D eigenvalue weighted by atomic mass is 9.82. The highest BCUT2D eigenvalue weighted by Crippen LogP contribution is 2.38. The minimum absolute atomic E-state index is 0.108. The molecule has 0 spiro atoms. The standard InChI is InChI=1S/C17H30N4/c1-6-17(7-2)10-11-21(13-17)15-9-8-14(19-20-15)12-18-16(3,4)5/h8-9,18H,6-7,10-13H2,1-5H3. The van der Waals surface area contributed by atoms with Crippen molar-refractivity contribution in [2.75, 3.05) is 18.0 Å². The van der Waals surface area contributed by atoms with Gasteiger partial charge in [0.2, 0.25) is 0 Å². The molecule has 0 saturated carbocycles. The molecule has 0 bridgehead atoms. The zero-order valence-corrected chi connectivity index (χ0v) is 14.2. The summed E-state index contributed by atoms with van der Waals surface area (Å²) >= 11 is 0. The van der Waals surface area contributed by atoms with Crippen LogP contribution in [0.2, 0.25) is 0 Å².